The van der Waals surface area contributed by atoms with Crippen molar-refractivity contribution in [2.75, 3.05) is 0 Å². The van der Waals surface area contributed by atoms with Crippen LogP contribution in [0.3, 0.4) is 0 Å². The van der Waals surface area contributed by atoms with E-state index in [1.165, 1.54) is 12.1 Å². The summed E-state index contributed by atoms with van der Waals surface area (Å²) >= 11 is 0. The minimum atomic E-state index is -4.35. The monoisotopic (exact) mass is 394 g/mol. The van der Waals surface area contributed by atoms with Crippen molar-refractivity contribution in [3.63, 3.8) is 0 Å². The van der Waals surface area contributed by atoms with Gasteiger partial charge in [0.05, 0.1) is 5.56 Å². The zero-order valence-electron chi connectivity index (χ0n) is 15.7. The molecule has 0 bridgehead atoms. The average molecular weight is 394 g/mol. The lowest BCUT2D eigenvalue weighted by atomic mass is 9.96. The van der Waals surface area contributed by atoms with Gasteiger partial charge in [0.15, 0.2) is 0 Å². The maximum Gasteiger partial charge on any atom is 0.416 e. The van der Waals surface area contributed by atoms with Gasteiger partial charge in [-0.1, -0.05) is 73.7 Å². The van der Waals surface area contributed by atoms with E-state index in [-0.39, 0.29) is 5.82 Å². The Morgan fingerprint density at radius 2 is 1.28 bits per heavy atom. The summed E-state index contributed by atoms with van der Waals surface area (Å²) in [6.07, 6.45) is -3.46. The fourth-order valence-corrected chi connectivity index (χ4v) is 3.48. The Bertz CT molecular complexity index is 1150. The molecule has 29 heavy (non-hydrogen) atoms. The van der Waals surface area contributed by atoms with Crippen LogP contribution in [0.2, 0.25) is 0 Å². The third-order valence-electron chi connectivity index (χ3n) is 5.17. The molecule has 0 amide bonds. The van der Waals surface area contributed by atoms with Crippen molar-refractivity contribution in [3.05, 3.63) is 95.8 Å². The smallest absolute Gasteiger partial charge is 0.206 e. The van der Waals surface area contributed by atoms with Gasteiger partial charge in [0.1, 0.15) is 5.82 Å². The van der Waals surface area contributed by atoms with Crippen LogP contribution < -0.4 is 0 Å². The van der Waals surface area contributed by atoms with Crippen molar-refractivity contribution < 1.29 is 17.6 Å². The van der Waals surface area contributed by atoms with Gasteiger partial charge < -0.3 is 0 Å². The first-order valence-electron chi connectivity index (χ1n) is 9.36. The van der Waals surface area contributed by atoms with Crippen LogP contribution in [0.5, 0.6) is 0 Å². The molecule has 4 aromatic rings. The largest absolute Gasteiger partial charge is 0.416 e. The molecule has 0 fully saturated rings. The third-order valence-corrected chi connectivity index (χ3v) is 5.17. The minimum absolute atomic E-state index is 0.271. The molecule has 4 rings (SSSR count). The number of aryl methyl sites for hydroxylation is 1. The van der Waals surface area contributed by atoms with Crippen molar-refractivity contribution in [3.8, 4) is 22.3 Å². The molecule has 0 radical (unpaired) electrons. The normalized spacial score (nSPS) is 11.8. The van der Waals surface area contributed by atoms with Crippen LogP contribution in [-0.4, -0.2) is 0 Å². The summed E-state index contributed by atoms with van der Waals surface area (Å²) in [7, 11) is 0. The lowest BCUT2D eigenvalue weighted by Gasteiger charge is -2.10. The lowest BCUT2D eigenvalue weighted by Crippen LogP contribution is -2.03. The zero-order chi connectivity index (χ0) is 20.6. The summed E-state index contributed by atoms with van der Waals surface area (Å²) in [6.45, 7) is 2.06. The van der Waals surface area contributed by atoms with Crippen LogP contribution in [0.1, 0.15) is 18.1 Å². The molecule has 0 heterocycles. The summed E-state index contributed by atoms with van der Waals surface area (Å²) in [5, 5.41) is 1.44. The predicted molar refractivity (Wildman–Crippen MR) is 109 cm³/mol. The molecule has 4 aromatic carbocycles. The Kier molecular flexibility index (Phi) is 4.87. The molecule has 0 spiro atoms. The van der Waals surface area contributed by atoms with E-state index in [1.807, 2.05) is 24.3 Å². The molecule has 0 nitrogen and oxygen atoms in total. The first kappa shape index (κ1) is 19.2. The third kappa shape index (κ3) is 3.75. The van der Waals surface area contributed by atoms with Crippen molar-refractivity contribution in [2.24, 2.45) is 0 Å². The van der Waals surface area contributed by atoms with E-state index in [4.69, 9.17) is 0 Å². The second-order valence-corrected chi connectivity index (χ2v) is 6.99. The van der Waals surface area contributed by atoms with Crippen LogP contribution in [0.15, 0.2) is 78.9 Å². The number of benzene rings is 4. The molecule has 146 valence electrons. The Morgan fingerprint density at radius 1 is 0.690 bits per heavy atom. The molecule has 0 aromatic heterocycles. The molecule has 0 saturated carbocycles. The topological polar surface area (TPSA) is 0 Å². The number of hydrogen-bond acceptors (Lipinski definition) is 0. The van der Waals surface area contributed by atoms with Gasteiger partial charge in [0.2, 0.25) is 0 Å². The fraction of sp³-hybridized carbons (Fsp3) is 0.120. The number of fused-ring (bicyclic) bond motifs is 1. The summed E-state index contributed by atoms with van der Waals surface area (Å²) in [6, 6.07) is 21.6. The van der Waals surface area contributed by atoms with Crippen molar-refractivity contribution in [2.45, 2.75) is 19.5 Å². The Labute approximate surface area is 166 Å². The molecule has 0 atom stereocenters. The summed E-state index contributed by atoms with van der Waals surface area (Å²) in [5.41, 5.74) is 3.15. The highest BCUT2D eigenvalue weighted by atomic mass is 19.4. The Hall–Kier alpha value is -3.14. The maximum absolute atomic E-state index is 15.1. The molecular weight excluding hydrogens is 376 g/mol. The van der Waals surface area contributed by atoms with Crippen LogP contribution in [0.25, 0.3) is 33.0 Å². The van der Waals surface area contributed by atoms with Crippen LogP contribution in [0.4, 0.5) is 17.6 Å². The van der Waals surface area contributed by atoms with Crippen LogP contribution in [0, 0.1) is 5.82 Å². The molecular formula is C25H18F4. The van der Waals surface area contributed by atoms with Crippen molar-refractivity contribution >= 4 is 10.8 Å². The fourth-order valence-electron chi connectivity index (χ4n) is 3.48. The number of alkyl halides is 3. The van der Waals surface area contributed by atoms with Gasteiger partial charge in [-0.05, 0) is 46.2 Å². The highest BCUT2D eigenvalue weighted by Crippen LogP contribution is 2.33. The molecule has 0 saturated heterocycles. The van der Waals surface area contributed by atoms with Gasteiger partial charge in [-0.15, -0.1) is 0 Å². The standard InChI is InChI=1S/C25H18F4/c1-2-16-3-13-23-20(15-16)10-14-22(24(23)26)19-6-4-17(5-7-19)18-8-11-21(12-9-18)25(27,28)29/h3-15H,2H2,1H3. The van der Waals surface area contributed by atoms with E-state index in [2.05, 4.69) is 6.92 Å². The Balaban J connectivity index is 1.66. The summed E-state index contributed by atoms with van der Waals surface area (Å²) < 4.78 is 53.2. The first-order valence-corrected chi connectivity index (χ1v) is 9.36. The molecule has 0 aliphatic carbocycles. The quantitative estimate of drug-likeness (QED) is 0.310. The van der Waals surface area contributed by atoms with E-state index in [0.717, 1.165) is 40.6 Å². The highest BCUT2D eigenvalue weighted by Gasteiger charge is 2.29. The van der Waals surface area contributed by atoms with Crippen molar-refractivity contribution in [1.29, 1.82) is 0 Å². The molecule has 0 aliphatic heterocycles. The van der Waals surface area contributed by atoms with Crippen molar-refractivity contribution in [1.82, 2.24) is 0 Å². The molecule has 4 heteroatoms. The van der Waals surface area contributed by atoms with Gasteiger partial charge in [-0.3, -0.25) is 0 Å². The summed E-state index contributed by atoms with van der Waals surface area (Å²) in [4.78, 5) is 0. The van der Waals surface area contributed by atoms with Gasteiger partial charge in [-0.2, -0.15) is 13.2 Å². The number of halogens is 4. The first-order chi connectivity index (χ1) is 13.9. The van der Waals surface area contributed by atoms with Gasteiger partial charge in [0, 0.05) is 10.9 Å². The number of rotatable bonds is 3. The van der Waals surface area contributed by atoms with E-state index >= 15 is 4.39 Å². The van der Waals surface area contributed by atoms with Crippen LogP contribution >= 0.6 is 0 Å². The number of hydrogen-bond donors (Lipinski definition) is 0. The molecule has 0 N–H and O–H groups in total. The van der Waals surface area contributed by atoms with Gasteiger partial charge in [-0.25, -0.2) is 4.39 Å². The minimum Gasteiger partial charge on any atom is -0.206 e. The molecule has 0 unspecified atom stereocenters. The van der Waals surface area contributed by atoms with E-state index in [1.54, 1.807) is 30.3 Å². The maximum atomic E-state index is 15.1. The van der Waals surface area contributed by atoms with E-state index < -0.39 is 11.7 Å². The highest BCUT2D eigenvalue weighted by molar-refractivity contribution is 5.89. The second kappa shape index (κ2) is 7.36. The molecule has 0 aliphatic rings. The lowest BCUT2D eigenvalue weighted by molar-refractivity contribution is -0.137. The van der Waals surface area contributed by atoms with Crippen LogP contribution in [-0.2, 0) is 12.6 Å². The average Bonchev–Trinajstić information content (AvgIpc) is 2.73. The summed E-state index contributed by atoms with van der Waals surface area (Å²) in [5.74, 6) is -0.271. The van der Waals surface area contributed by atoms with E-state index in [0.29, 0.717) is 16.5 Å². The zero-order valence-corrected chi connectivity index (χ0v) is 15.7. The SMILES string of the molecule is CCc1ccc2c(F)c(-c3ccc(-c4ccc(C(F)(F)F)cc4)cc3)ccc2c1. The van der Waals surface area contributed by atoms with Gasteiger partial charge >= 0.3 is 6.18 Å². The Morgan fingerprint density at radius 3 is 1.86 bits per heavy atom. The van der Waals surface area contributed by atoms with Gasteiger partial charge in [0.25, 0.3) is 0 Å². The van der Waals surface area contributed by atoms with E-state index in [9.17, 15) is 13.2 Å². The second-order valence-electron chi connectivity index (χ2n) is 6.99. The predicted octanol–water partition coefficient (Wildman–Crippen LogP) is 7.89.